The van der Waals surface area contributed by atoms with Gasteiger partial charge in [0.15, 0.2) is 0 Å². The van der Waals surface area contributed by atoms with Gasteiger partial charge in [-0.25, -0.2) is 13.1 Å². The van der Waals surface area contributed by atoms with E-state index in [2.05, 4.69) is 21.8 Å². The first-order chi connectivity index (χ1) is 9.42. The number of nitrogens with two attached hydrogens (primary N) is 1. The Morgan fingerprint density at radius 1 is 1.50 bits per heavy atom. The summed E-state index contributed by atoms with van der Waals surface area (Å²) in [7, 11) is -3.57. The van der Waals surface area contributed by atoms with Gasteiger partial charge in [-0.1, -0.05) is 13.3 Å². The van der Waals surface area contributed by atoms with Crippen LogP contribution in [0.1, 0.15) is 44.7 Å². The van der Waals surface area contributed by atoms with E-state index in [1.807, 2.05) is 0 Å². The summed E-state index contributed by atoms with van der Waals surface area (Å²) in [4.78, 5) is 0.211. The van der Waals surface area contributed by atoms with Crippen LogP contribution in [0.25, 0.3) is 0 Å². The Balaban J connectivity index is 2.17. The Bertz CT molecular complexity index is 544. The zero-order valence-electron chi connectivity index (χ0n) is 12.1. The molecule has 20 heavy (non-hydrogen) atoms. The van der Waals surface area contributed by atoms with E-state index in [4.69, 9.17) is 5.73 Å². The minimum Gasteiger partial charge on any atom is -0.329 e. The number of aromatic amines is 1. The molecule has 0 spiro atoms. The van der Waals surface area contributed by atoms with Gasteiger partial charge in [-0.2, -0.15) is 5.10 Å². The molecule has 4 N–H and O–H groups in total. The lowest BCUT2D eigenvalue weighted by atomic mass is 9.76. The second-order valence-corrected chi connectivity index (χ2v) is 7.45. The summed E-state index contributed by atoms with van der Waals surface area (Å²) in [5.74, 6) is 0.690. The summed E-state index contributed by atoms with van der Waals surface area (Å²) in [6.07, 6.45) is 6.16. The Labute approximate surface area is 120 Å². The number of nitrogens with one attached hydrogen (secondary N) is 2. The molecule has 0 amide bonds. The zero-order chi connectivity index (χ0) is 14.8. The first-order valence-corrected chi connectivity index (χ1v) is 8.65. The van der Waals surface area contributed by atoms with Gasteiger partial charge in [-0.15, -0.1) is 0 Å². The Morgan fingerprint density at radius 2 is 2.15 bits per heavy atom. The van der Waals surface area contributed by atoms with Crippen LogP contribution in [0.3, 0.4) is 0 Å². The first kappa shape index (κ1) is 15.5. The monoisotopic (exact) mass is 300 g/mol. The first-order valence-electron chi connectivity index (χ1n) is 7.16. The highest BCUT2D eigenvalue weighted by Crippen LogP contribution is 2.34. The summed E-state index contributed by atoms with van der Waals surface area (Å²) in [6.45, 7) is 4.21. The third-order valence-corrected chi connectivity index (χ3v) is 6.15. The van der Waals surface area contributed by atoms with Crippen LogP contribution in [0.4, 0.5) is 0 Å². The summed E-state index contributed by atoms with van der Waals surface area (Å²) in [5, 5.41) is 6.44. The molecule has 0 aliphatic heterocycles. The number of hydrogen-bond donors (Lipinski definition) is 3. The van der Waals surface area contributed by atoms with Crippen molar-refractivity contribution in [3.8, 4) is 0 Å². The lowest BCUT2D eigenvalue weighted by molar-refractivity contribution is 0.217. The maximum absolute atomic E-state index is 12.5. The van der Waals surface area contributed by atoms with Gasteiger partial charge in [0.1, 0.15) is 4.90 Å². The standard InChI is InChI=1S/C13H24N4O2S/c1-3-11-4-6-13(9-14,7-5-11)17-20(18,19)12-8-15-16-10(12)2/h8,11,17H,3-7,9,14H2,1-2H3,(H,15,16). The molecule has 0 atom stereocenters. The molecule has 0 bridgehead atoms. The van der Waals surface area contributed by atoms with Crippen LogP contribution in [0, 0.1) is 12.8 Å². The van der Waals surface area contributed by atoms with Crippen LogP contribution in [-0.2, 0) is 10.0 Å². The van der Waals surface area contributed by atoms with E-state index in [0.29, 0.717) is 18.2 Å². The van der Waals surface area contributed by atoms with Crippen LogP contribution >= 0.6 is 0 Å². The van der Waals surface area contributed by atoms with Crippen molar-refractivity contribution < 1.29 is 8.42 Å². The second-order valence-electron chi connectivity index (χ2n) is 5.80. The molecule has 0 aromatic carbocycles. The van der Waals surface area contributed by atoms with E-state index in [1.165, 1.54) is 6.20 Å². The van der Waals surface area contributed by atoms with E-state index in [-0.39, 0.29) is 4.90 Å². The largest absolute Gasteiger partial charge is 0.329 e. The molecule has 0 radical (unpaired) electrons. The minimum atomic E-state index is -3.57. The molecular formula is C13H24N4O2S. The van der Waals surface area contributed by atoms with E-state index in [1.54, 1.807) is 6.92 Å². The fourth-order valence-corrected chi connectivity index (χ4v) is 4.54. The smallest absolute Gasteiger partial charge is 0.244 e. The Morgan fingerprint density at radius 3 is 2.60 bits per heavy atom. The van der Waals surface area contributed by atoms with Gasteiger partial charge in [0.2, 0.25) is 10.0 Å². The molecule has 0 saturated heterocycles. The van der Waals surface area contributed by atoms with Crippen molar-refractivity contribution in [1.29, 1.82) is 0 Å². The lowest BCUT2D eigenvalue weighted by Crippen LogP contribution is -2.55. The average molecular weight is 300 g/mol. The van der Waals surface area contributed by atoms with Crippen molar-refractivity contribution in [3.63, 3.8) is 0 Å². The minimum absolute atomic E-state index is 0.211. The van der Waals surface area contributed by atoms with E-state index >= 15 is 0 Å². The highest BCUT2D eigenvalue weighted by molar-refractivity contribution is 7.89. The van der Waals surface area contributed by atoms with Gasteiger partial charge in [0, 0.05) is 12.1 Å². The molecule has 2 rings (SSSR count). The molecule has 1 aliphatic carbocycles. The van der Waals surface area contributed by atoms with Crippen molar-refractivity contribution >= 4 is 10.0 Å². The van der Waals surface area contributed by atoms with E-state index in [9.17, 15) is 8.42 Å². The third-order valence-electron chi connectivity index (χ3n) is 4.45. The number of aryl methyl sites for hydroxylation is 1. The molecule has 114 valence electrons. The van der Waals surface area contributed by atoms with Crippen molar-refractivity contribution in [2.75, 3.05) is 6.54 Å². The normalized spacial score (nSPS) is 27.6. The van der Waals surface area contributed by atoms with Crippen molar-refractivity contribution in [3.05, 3.63) is 11.9 Å². The molecule has 7 heteroatoms. The van der Waals surface area contributed by atoms with Crippen molar-refractivity contribution in [1.82, 2.24) is 14.9 Å². The molecule has 1 fully saturated rings. The van der Waals surface area contributed by atoms with Crippen LogP contribution < -0.4 is 10.5 Å². The summed E-state index contributed by atoms with van der Waals surface area (Å²) in [6, 6.07) is 0. The Hall–Kier alpha value is -0.920. The summed E-state index contributed by atoms with van der Waals surface area (Å²) < 4.78 is 27.8. The predicted octanol–water partition coefficient (Wildman–Crippen LogP) is 1.29. The molecule has 1 aromatic heterocycles. The van der Waals surface area contributed by atoms with Crippen molar-refractivity contribution in [2.45, 2.75) is 56.4 Å². The number of H-pyrrole nitrogens is 1. The van der Waals surface area contributed by atoms with E-state index in [0.717, 1.165) is 32.1 Å². The number of sulfonamides is 1. The van der Waals surface area contributed by atoms with Crippen LogP contribution in [-0.4, -0.2) is 30.7 Å². The van der Waals surface area contributed by atoms with E-state index < -0.39 is 15.6 Å². The topological polar surface area (TPSA) is 101 Å². The number of hydrogen-bond acceptors (Lipinski definition) is 4. The molecule has 1 heterocycles. The number of rotatable bonds is 5. The maximum atomic E-state index is 12.5. The van der Waals surface area contributed by atoms with Gasteiger partial charge in [0.05, 0.1) is 11.9 Å². The van der Waals surface area contributed by atoms with Crippen LogP contribution in [0.2, 0.25) is 0 Å². The fraction of sp³-hybridized carbons (Fsp3) is 0.769. The van der Waals surface area contributed by atoms with Gasteiger partial charge in [-0.05, 0) is 38.5 Å². The average Bonchev–Trinajstić information content (AvgIpc) is 2.86. The summed E-state index contributed by atoms with van der Waals surface area (Å²) >= 11 is 0. The maximum Gasteiger partial charge on any atom is 0.244 e. The van der Waals surface area contributed by atoms with Gasteiger partial charge in [-0.3, -0.25) is 5.10 Å². The third kappa shape index (κ3) is 3.05. The molecule has 1 saturated carbocycles. The highest BCUT2D eigenvalue weighted by Gasteiger charge is 2.38. The van der Waals surface area contributed by atoms with Crippen molar-refractivity contribution in [2.24, 2.45) is 11.7 Å². The molecule has 1 aliphatic rings. The second kappa shape index (κ2) is 5.83. The van der Waals surface area contributed by atoms with Gasteiger partial charge in [0.25, 0.3) is 0 Å². The number of aromatic nitrogens is 2. The lowest BCUT2D eigenvalue weighted by Gasteiger charge is -2.39. The van der Waals surface area contributed by atoms with Gasteiger partial charge >= 0.3 is 0 Å². The molecule has 6 nitrogen and oxygen atoms in total. The molecule has 1 aromatic rings. The van der Waals surface area contributed by atoms with Crippen LogP contribution in [0.15, 0.2) is 11.1 Å². The Kier molecular flexibility index (Phi) is 4.51. The molecular weight excluding hydrogens is 276 g/mol. The van der Waals surface area contributed by atoms with Crippen LogP contribution in [0.5, 0.6) is 0 Å². The zero-order valence-corrected chi connectivity index (χ0v) is 13.0. The SMILES string of the molecule is CCC1CCC(CN)(NS(=O)(=O)c2cn[nH]c2C)CC1. The fourth-order valence-electron chi connectivity index (χ4n) is 2.94. The number of nitrogens with zero attached hydrogens (tertiary/aromatic N) is 1. The quantitative estimate of drug-likeness (QED) is 0.762. The predicted molar refractivity (Wildman–Crippen MR) is 77.7 cm³/mol. The highest BCUT2D eigenvalue weighted by atomic mass is 32.2. The summed E-state index contributed by atoms with van der Waals surface area (Å²) in [5.41, 5.74) is 5.92. The van der Waals surface area contributed by atoms with Gasteiger partial charge < -0.3 is 5.73 Å². The molecule has 0 unspecified atom stereocenters.